The van der Waals surface area contributed by atoms with E-state index < -0.39 is 0 Å². The Morgan fingerprint density at radius 3 is 2.45 bits per heavy atom. The molecule has 0 aliphatic heterocycles. The summed E-state index contributed by atoms with van der Waals surface area (Å²) in [5.74, 6) is 0.910. The van der Waals surface area contributed by atoms with E-state index in [0.29, 0.717) is 18.7 Å². The average Bonchev–Trinajstić information content (AvgIpc) is 3.15. The van der Waals surface area contributed by atoms with Gasteiger partial charge < -0.3 is 15.4 Å². The smallest absolute Gasteiger partial charge is 0.238 e. The third-order valence-electron chi connectivity index (χ3n) is 3.87. The summed E-state index contributed by atoms with van der Waals surface area (Å²) >= 11 is 0. The first-order valence-electron chi connectivity index (χ1n) is 7.59. The fourth-order valence-corrected chi connectivity index (χ4v) is 2.55. The van der Waals surface area contributed by atoms with Gasteiger partial charge in [-0.15, -0.1) is 0 Å². The number of benzene rings is 1. The van der Waals surface area contributed by atoms with E-state index in [1.54, 1.807) is 0 Å². The van der Waals surface area contributed by atoms with Crippen LogP contribution in [0.2, 0.25) is 0 Å². The van der Waals surface area contributed by atoms with Gasteiger partial charge in [0.05, 0.1) is 12.6 Å². The summed E-state index contributed by atoms with van der Waals surface area (Å²) < 4.78 is 5.90. The van der Waals surface area contributed by atoms with Gasteiger partial charge in [-0.05, 0) is 62.8 Å². The summed E-state index contributed by atoms with van der Waals surface area (Å²) in [4.78, 5) is 11.7. The molecule has 0 spiro atoms. The van der Waals surface area contributed by atoms with Gasteiger partial charge in [-0.1, -0.05) is 0 Å². The lowest BCUT2D eigenvalue weighted by Gasteiger charge is -2.13. The fraction of sp³-hybridized carbons (Fsp3) is 0.562. The SMILES string of the molecule is O=C(CNC1CC1)Nc1ccc(OC2CCCC2)cc1. The molecule has 2 saturated carbocycles. The second kappa shape index (κ2) is 6.27. The van der Waals surface area contributed by atoms with Crippen LogP contribution in [0.3, 0.4) is 0 Å². The molecule has 2 aliphatic carbocycles. The van der Waals surface area contributed by atoms with Gasteiger partial charge in [0, 0.05) is 11.7 Å². The van der Waals surface area contributed by atoms with Crippen molar-refractivity contribution < 1.29 is 9.53 Å². The lowest BCUT2D eigenvalue weighted by molar-refractivity contribution is -0.115. The molecule has 108 valence electrons. The van der Waals surface area contributed by atoms with Crippen LogP contribution >= 0.6 is 0 Å². The highest BCUT2D eigenvalue weighted by Gasteiger charge is 2.21. The van der Waals surface area contributed by atoms with Gasteiger partial charge in [-0.3, -0.25) is 4.79 Å². The van der Waals surface area contributed by atoms with Crippen LogP contribution < -0.4 is 15.4 Å². The van der Waals surface area contributed by atoms with Crippen molar-refractivity contribution in [3.8, 4) is 5.75 Å². The van der Waals surface area contributed by atoms with Crippen LogP contribution in [0.5, 0.6) is 5.75 Å². The number of ether oxygens (including phenoxy) is 1. The molecule has 2 aliphatic rings. The second-order valence-electron chi connectivity index (χ2n) is 5.75. The molecular weight excluding hydrogens is 252 g/mol. The predicted octanol–water partition coefficient (Wildman–Crippen LogP) is 2.70. The third-order valence-corrected chi connectivity index (χ3v) is 3.87. The van der Waals surface area contributed by atoms with E-state index in [-0.39, 0.29) is 5.91 Å². The number of amides is 1. The molecule has 0 heterocycles. The Hall–Kier alpha value is -1.55. The van der Waals surface area contributed by atoms with E-state index >= 15 is 0 Å². The monoisotopic (exact) mass is 274 g/mol. The molecule has 4 heteroatoms. The Kier molecular flexibility index (Phi) is 4.21. The fourth-order valence-electron chi connectivity index (χ4n) is 2.55. The number of carbonyl (C=O) groups excluding carboxylic acids is 1. The minimum absolute atomic E-state index is 0.0151. The van der Waals surface area contributed by atoms with Crippen LogP contribution in [0.1, 0.15) is 38.5 Å². The van der Waals surface area contributed by atoms with Crippen molar-refractivity contribution in [1.82, 2.24) is 5.32 Å². The Morgan fingerprint density at radius 2 is 1.80 bits per heavy atom. The van der Waals surface area contributed by atoms with Gasteiger partial charge >= 0.3 is 0 Å². The van der Waals surface area contributed by atoms with Crippen LogP contribution in [-0.2, 0) is 4.79 Å². The van der Waals surface area contributed by atoms with Gasteiger partial charge in [-0.25, -0.2) is 0 Å². The van der Waals surface area contributed by atoms with E-state index in [4.69, 9.17) is 4.74 Å². The maximum absolute atomic E-state index is 11.7. The normalized spacial score (nSPS) is 19.0. The lowest BCUT2D eigenvalue weighted by Crippen LogP contribution is -2.29. The standard InChI is InChI=1S/C16H22N2O2/c19-16(11-17-12-5-6-12)18-13-7-9-15(10-8-13)20-14-3-1-2-4-14/h7-10,12,14,17H,1-6,11H2,(H,18,19). The zero-order chi connectivity index (χ0) is 13.8. The van der Waals surface area contributed by atoms with E-state index in [1.165, 1.54) is 25.7 Å². The highest BCUT2D eigenvalue weighted by Crippen LogP contribution is 2.25. The number of nitrogens with one attached hydrogen (secondary N) is 2. The molecule has 0 aromatic heterocycles. The van der Waals surface area contributed by atoms with Gasteiger partial charge in [0.2, 0.25) is 5.91 Å². The number of anilines is 1. The summed E-state index contributed by atoms with van der Waals surface area (Å²) in [6, 6.07) is 8.23. The van der Waals surface area contributed by atoms with Crippen molar-refractivity contribution in [3.63, 3.8) is 0 Å². The molecule has 0 unspecified atom stereocenters. The minimum atomic E-state index is 0.0151. The Morgan fingerprint density at radius 1 is 1.10 bits per heavy atom. The van der Waals surface area contributed by atoms with Crippen molar-refractivity contribution in [3.05, 3.63) is 24.3 Å². The van der Waals surface area contributed by atoms with Crippen LogP contribution in [0.4, 0.5) is 5.69 Å². The highest BCUT2D eigenvalue weighted by molar-refractivity contribution is 5.92. The predicted molar refractivity (Wildman–Crippen MR) is 79.0 cm³/mol. The first-order valence-corrected chi connectivity index (χ1v) is 7.59. The Bertz CT molecular complexity index is 448. The Balaban J connectivity index is 1.45. The van der Waals surface area contributed by atoms with Gasteiger partial charge in [-0.2, -0.15) is 0 Å². The molecule has 3 rings (SSSR count). The number of rotatable bonds is 6. The van der Waals surface area contributed by atoms with E-state index in [9.17, 15) is 4.79 Å². The summed E-state index contributed by atoms with van der Waals surface area (Å²) in [6.07, 6.45) is 7.62. The van der Waals surface area contributed by atoms with Gasteiger partial charge in [0.15, 0.2) is 0 Å². The van der Waals surface area contributed by atoms with Crippen LogP contribution in [0.25, 0.3) is 0 Å². The molecule has 0 bridgehead atoms. The number of hydrogen-bond acceptors (Lipinski definition) is 3. The average molecular weight is 274 g/mol. The first kappa shape index (κ1) is 13.4. The van der Waals surface area contributed by atoms with Crippen molar-refractivity contribution in [2.75, 3.05) is 11.9 Å². The maximum atomic E-state index is 11.7. The summed E-state index contributed by atoms with van der Waals surface area (Å²) in [5.41, 5.74) is 0.825. The first-order chi connectivity index (χ1) is 9.79. The number of carbonyl (C=O) groups is 1. The molecule has 0 atom stereocenters. The number of hydrogen-bond donors (Lipinski definition) is 2. The molecule has 0 saturated heterocycles. The van der Waals surface area contributed by atoms with E-state index in [0.717, 1.165) is 24.3 Å². The van der Waals surface area contributed by atoms with Crippen LogP contribution in [0.15, 0.2) is 24.3 Å². The summed E-state index contributed by atoms with van der Waals surface area (Å²) in [6.45, 7) is 0.394. The molecule has 1 aromatic carbocycles. The van der Waals surface area contributed by atoms with Gasteiger partial charge in [0.1, 0.15) is 5.75 Å². The Labute approximate surface area is 119 Å². The molecule has 2 N–H and O–H groups in total. The van der Waals surface area contributed by atoms with Crippen LogP contribution in [-0.4, -0.2) is 24.6 Å². The van der Waals surface area contributed by atoms with E-state index in [2.05, 4.69) is 10.6 Å². The molecule has 20 heavy (non-hydrogen) atoms. The molecule has 1 aromatic rings. The third kappa shape index (κ3) is 3.97. The van der Waals surface area contributed by atoms with Crippen molar-refractivity contribution >= 4 is 11.6 Å². The van der Waals surface area contributed by atoms with Crippen molar-refractivity contribution in [2.45, 2.75) is 50.7 Å². The van der Waals surface area contributed by atoms with Crippen molar-refractivity contribution in [1.29, 1.82) is 0 Å². The molecular formula is C16H22N2O2. The zero-order valence-corrected chi connectivity index (χ0v) is 11.7. The second-order valence-corrected chi connectivity index (χ2v) is 5.75. The molecule has 2 fully saturated rings. The van der Waals surface area contributed by atoms with Gasteiger partial charge in [0.25, 0.3) is 0 Å². The summed E-state index contributed by atoms with van der Waals surface area (Å²) in [5, 5.41) is 6.09. The van der Waals surface area contributed by atoms with Crippen molar-refractivity contribution in [2.24, 2.45) is 0 Å². The minimum Gasteiger partial charge on any atom is -0.490 e. The highest BCUT2D eigenvalue weighted by atomic mass is 16.5. The largest absolute Gasteiger partial charge is 0.490 e. The van der Waals surface area contributed by atoms with E-state index in [1.807, 2.05) is 24.3 Å². The molecule has 0 radical (unpaired) electrons. The van der Waals surface area contributed by atoms with Crippen LogP contribution in [0, 0.1) is 0 Å². The lowest BCUT2D eigenvalue weighted by atomic mass is 10.2. The quantitative estimate of drug-likeness (QED) is 0.838. The topological polar surface area (TPSA) is 50.4 Å². The maximum Gasteiger partial charge on any atom is 0.238 e. The zero-order valence-electron chi connectivity index (χ0n) is 11.7. The molecule has 4 nitrogen and oxygen atoms in total. The molecule has 1 amide bonds. The summed E-state index contributed by atoms with van der Waals surface area (Å²) in [7, 11) is 0.